The zero-order valence-electron chi connectivity index (χ0n) is 10.2. The van der Waals surface area contributed by atoms with Crippen LogP contribution in [0.5, 0.6) is 11.5 Å². The molecule has 2 nitrogen and oxygen atoms in total. The van der Waals surface area contributed by atoms with Gasteiger partial charge in [0.15, 0.2) is 0 Å². The SMILES string of the molecule is CC(=O)CC1c2ccccc2Oc2ccccc21. The number of Topliss-reactive ketones (excluding diaryl/α,β-unsaturated/α-hetero) is 1. The number of benzene rings is 2. The van der Waals surface area contributed by atoms with Gasteiger partial charge in [-0.25, -0.2) is 0 Å². The smallest absolute Gasteiger partial charge is 0.131 e. The largest absolute Gasteiger partial charge is 0.457 e. The highest BCUT2D eigenvalue weighted by Crippen LogP contribution is 2.45. The second kappa shape index (κ2) is 4.30. The molecule has 18 heavy (non-hydrogen) atoms. The lowest BCUT2D eigenvalue weighted by molar-refractivity contribution is -0.117. The van der Waals surface area contributed by atoms with Gasteiger partial charge in [-0.2, -0.15) is 0 Å². The van der Waals surface area contributed by atoms with Crippen LogP contribution in [0.2, 0.25) is 0 Å². The van der Waals surface area contributed by atoms with Crippen LogP contribution in [0.25, 0.3) is 0 Å². The molecule has 2 heteroatoms. The van der Waals surface area contributed by atoms with E-state index in [1.54, 1.807) is 6.92 Å². The van der Waals surface area contributed by atoms with Gasteiger partial charge >= 0.3 is 0 Å². The van der Waals surface area contributed by atoms with Crippen LogP contribution in [0.3, 0.4) is 0 Å². The van der Waals surface area contributed by atoms with Gasteiger partial charge in [0.25, 0.3) is 0 Å². The molecular formula is C16H14O2. The number of carbonyl (C=O) groups is 1. The summed E-state index contributed by atoms with van der Waals surface area (Å²) in [6.45, 7) is 1.64. The maximum absolute atomic E-state index is 11.5. The Morgan fingerprint density at radius 3 is 2.00 bits per heavy atom. The van der Waals surface area contributed by atoms with Crippen molar-refractivity contribution < 1.29 is 9.53 Å². The Labute approximate surface area is 106 Å². The van der Waals surface area contributed by atoms with Crippen molar-refractivity contribution >= 4 is 5.78 Å². The normalized spacial score (nSPS) is 13.4. The lowest BCUT2D eigenvalue weighted by atomic mass is 9.84. The Kier molecular flexibility index (Phi) is 2.63. The van der Waals surface area contributed by atoms with Crippen molar-refractivity contribution in [3.8, 4) is 11.5 Å². The summed E-state index contributed by atoms with van der Waals surface area (Å²) in [7, 11) is 0. The van der Waals surface area contributed by atoms with Crippen LogP contribution in [0.15, 0.2) is 48.5 Å². The molecule has 0 amide bonds. The van der Waals surface area contributed by atoms with E-state index in [9.17, 15) is 4.79 Å². The molecule has 0 saturated heterocycles. The van der Waals surface area contributed by atoms with E-state index in [1.807, 2.05) is 48.5 Å². The molecule has 0 radical (unpaired) electrons. The molecule has 1 aliphatic rings. The highest BCUT2D eigenvalue weighted by Gasteiger charge is 2.27. The number of fused-ring (bicyclic) bond motifs is 2. The molecule has 0 spiro atoms. The summed E-state index contributed by atoms with van der Waals surface area (Å²) in [6.07, 6.45) is 0.525. The van der Waals surface area contributed by atoms with E-state index in [4.69, 9.17) is 4.74 Å². The van der Waals surface area contributed by atoms with Gasteiger partial charge in [-0.3, -0.25) is 4.79 Å². The second-order valence-corrected chi connectivity index (χ2v) is 4.64. The highest BCUT2D eigenvalue weighted by molar-refractivity contribution is 5.78. The van der Waals surface area contributed by atoms with E-state index >= 15 is 0 Å². The molecule has 0 fully saturated rings. The molecular weight excluding hydrogens is 224 g/mol. The van der Waals surface area contributed by atoms with Gasteiger partial charge < -0.3 is 4.74 Å². The van der Waals surface area contributed by atoms with Crippen molar-refractivity contribution in [2.24, 2.45) is 0 Å². The van der Waals surface area contributed by atoms with Crippen molar-refractivity contribution in [3.63, 3.8) is 0 Å². The summed E-state index contributed by atoms with van der Waals surface area (Å²) in [5.41, 5.74) is 2.21. The highest BCUT2D eigenvalue weighted by atomic mass is 16.5. The minimum absolute atomic E-state index is 0.114. The monoisotopic (exact) mass is 238 g/mol. The Hall–Kier alpha value is -2.09. The average molecular weight is 238 g/mol. The van der Waals surface area contributed by atoms with Crippen LogP contribution in [0.1, 0.15) is 30.4 Å². The fourth-order valence-electron chi connectivity index (χ4n) is 2.52. The first kappa shape index (κ1) is 11.0. The molecule has 3 rings (SSSR count). The second-order valence-electron chi connectivity index (χ2n) is 4.64. The summed E-state index contributed by atoms with van der Waals surface area (Å²) in [6, 6.07) is 15.9. The van der Waals surface area contributed by atoms with Crippen LogP contribution < -0.4 is 4.74 Å². The summed E-state index contributed by atoms with van der Waals surface area (Å²) >= 11 is 0. The van der Waals surface area contributed by atoms with Crippen LogP contribution in [0.4, 0.5) is 0 Å². The van der Waals surface area contributed by atoms with Gasteiger partial charge in [0, 0.05) is 23.5 Å². The van der Waals surface area contributed by atoms with Crippen molar-refractivity contribution in [1.29, 1.82) is 0 Å². The first-order chi connectivity index (χ1) is 8.75. The van der Waals surface area contributed by atoms with E-state index in [1.165, 1.54) is 0 Å². The number of hydrogen-bond acceptors (Lipinski definition) is 2. The van der Waals surface area contributed by atoms with E-state index in [-0.39, 0.29) is 11.7 Å². The molecule has 2 aromatic rings. The maximum atomic E-state index is 11.5. The van der Waals surface area contributed by atoms with Gasteiger partial charge in [0.1, 0.15) is 17.3 Å². The van der Waals surface area contributed by atoms with E-state index in [2.05, 4.69) is 0 Å². The number of ether oxygens (including phenoxy) is 1. The first-order valence-electron chi connectivity index (χ1n) is 6.11. The van der Waals surface area contributed by atoms with E-state index in [0.717, 1.165) is 22.6 Å². The van der Waals surface area contributed by atoms with E-state index in [0.29, 0.717) is 6.42 Å². The number of carbonyl (C=O) groups excluding carboxylic acids is 1. The van der Waals surface area contributed by atoms with Crippen LogP contribution in [-0.2, 0) is 4.79 Å². The number of hydrogen-bond donors (Lipinski definition) is 0. The van der Waals surface area contributed by atoms with Gasteiger partial charge in [0.2, 0.25) is 0 Å². The Bertz CT molecular complexity index is 556. The lowest BCUT2D eigenvalue weighted by Crippen LogP contribution is -2.12. The van der Waals surface area contributed by atoms with Crippen molar-refractivity contribution in [1.82, 2.24) is 0 Å². The molecule has 0 aromatic heterocycles. The van der Waals surface area contributed by atoms with Crippen molar-refractivity contribution in [2.75, 3.05) is 0 Å². The third-order valence-corrected chi connectivity index (χ3v) is 3.30. The van der Waals surface area contributed by atoms with Crippen molar-refractivity contribution in [3.05, 3.63) is 59.7 Å². The first-order valence-corrected chi connectivity index (χ1v) is 6.11. The molecule has 0 unspecified atom stereocenters. The van der Waals surface area contributed by atoms with Crippen molar-refractivity contribution in [2.45, 2.75) is 19.3 Å². The molecule has 0 N–H and O–H groups in total. The number of rotatable bonds is 2. The quantitative estimate of drug-likeness (QED) is 0.793. The van der Waals surface area contributed by atoms with Crippen LogP contribution >= 0.6 is 0 Å². The Morgan fingerprint density at radius 1 is 1.00 bits per heavy atom. The summed E-state index contributed by atoms with van der Waals surface area (Å²) in [4.78, 5) is 11.5. The predicted molar refractivity (Wildman–Crippen MR) is 70.1 cm³/mol. The van der Waals surface area contributed by atoms with Gasteiger partial charge in [-0.05, 0) is 19.1 Å². The number of ketones is 1. The fraction of sp³-hybridized carbons (Fsp3) is 0.188. The minimum atomic E-state index is 0.114. The summed E-state index contributed by atoms with van der Waals surface area (Å²) in [5.74, 6) is 2.04. The van der Waals surface area contributed by atoms with Gasteiger partial charge in [-0.15, -0.1) is 0 Å². The lowest BCUT2D eigenvalue weighted by Gasteiger charge is -2.27. The minimum Gasteiger partial charge on any atom is -0.457 e. The molecule has 0 saturated carbocycles. The predicted octanol–water partition coefficient (Wildman–Crippen LogP) is 3.90. The zero-order chi connectivity index (χ0) is 12.5. The third kappa shape index (κ3) is 1.80. The molecule has 2 aromatic carbocycles. The Morgan fingerprint density at radius 2 is 1.50 bits per heavy atom. The standard InChI is InChI=1S/C16H14O2/c1-11(17)10-14-12-6-2-4-8-15(12)18-16-9-5-3-7-13(14)16/h2-9,14H,10H2,1H3. The summed E-state index contributed by atoms with van der Waals surface area (Å²) < 4.78 is 5.88. The van der Waals surface area contributed by atoms with Gasteiger partial charge in [0.05, 0.1) is 0 Å². The average Bonchev–Trinajstić information content (AvgIpc) is 2.38. The molecule has 1 aliphatic heterocycles. The number of para-hydroxylation sites is 2. The zero-order valence-corrected chi connectivity index (χ0v) is 10.2. The van der Waals surface area contributed by atoms with Gasteiger partial charge in [-0.1, -0.05) is 36.4 Å². The van der Waals surface area contributed by atoms with Crippen LogP contribution in [0, 0.1) is 0 Å². The summed E-state index contributed by atoms with van der Waals surface area (Å²) in [5, 5.41) is 0. The molecule has 90 valence electrons. The fourth-order valence-corrected chi connectivity index (χ4v) is 2.52. The van der Waals surface area contributed by atoms with Crippen LogP contribution in [-0.4, -0.2) is 5.78 Å². The molecule has 1 heterocycles. The topological polar surface area (TPSA) is 26.3 Å². The molecule has 0 atom stereocenters. The van der Waals surface area contributed by atoms with E-state index < -0.39 is 0 Å². The Balaban J connectivity index is 2.14. The molecule has 0 bridgehead atoms. The molecule has 0 aliphatic carbocycles. The third-order valence-electron chi connectivity index (χ3n) is 3.30. The maximum Gasteiger partial charge on any atom is 0.131 e.